The number of aromatic nitrogens is 2. The van der Waals surface area contributed by atoms with Crippen LogP contribution in [0.25, 0.3) is 0 Å². The van der Waals surface area contributed by atoms with Crippen molar-refractivity contribution >= 4 is 17.6 Å². The topological polar surface area (TPSA) is 84.6 Å². The molecule has 3 aromatic rings. The van der Waals surface area contributed by atoms with Crippen molar-refractivity contribution < 1.29 is 19.7 Å². The number of methoxy groups -OCH3 is 1. The van der Waals surface area contributed by atoms with Gasteiger partial charge in [0.25, 0.3) is 0 Å². The van der Waals surface area contributed by atoms with E-state index in [0.29, 0.717) is 24.9 Å². The Labute approximate surface area is 168 Å². The van der Waals surface area contributed by atoms with Gasteiger partial charge in [-0.25, -0.2) is 9.78 Å². The molecule has 1 aromatic heterocycles. The van der Waals surface area contributed by atoms with Crippen molar-refractivity contribution in [2.75, 3.05) is 7.11 Å². The molecule has 0 atom stereocenters. The van der Waals surface area contributed by atoms with Crippen LogP contribution in [0.4, 0.5) is 0 Å². The largest absolute Gasteiger partial charge is 0.507 e. The third kappa shape index (κ3) is 4.12. The molecule has 0 aliphatic rings. The second kappa shape index (κ2) is 8.35. The smallest absolute Gasteiger partial charge is 0.341 e. The number of imidazole rings is 1. The number of esters is 1. The molecule has 0 aliphatic carbocycles. The molecule has 0 saturated carbocycles. The molecule has 6 nitrogen and oxygen atoms in total. The van der Waals surface area contributed by atoms with Crippen LogP contribution < -0.4 is 0 Å². The number of halogens is 1. The van der Waals surface area contributed by atoms with Crippen molar-refractivity contribution in [2.24, 2.45) is 0 Å². The second-order valence-corrected chi connectivity index (χ2v) is 6.91. The molecule has 0 radical (unpaired) electrons. The number of aryl methyl sites for hydroxylation is 2. The lowest BCUT2D eigenvalue weighted by Gasteiger charge is -2.14. The van der Waals surface area contributed by atoms with Gasteiger partial charge >= 0.3 is 5.97 Å². The lowest BCUT2D eigenvalue weighted by Crippen LogP contribution is -2.10. The summed E-state index contributed by atoms with van der Waals surface area (Å²) < 4.78 is 6.75. The van der Waals surface area contributed by atoms with E-state index in [9.17, 15) is 15.0 Å². The molecular weight excluding hydrogens is 380 g/mol. The average Bonchev–Trinajstić information content (AvgIpc) is 3.11. The van der Waals surface area contributed by atoms with E-state index in [1.807, 2.05) is 17.7 Å². The van der Waals surface area contributed by atoms with Crippen molar-refractivity contribution in [3.63, 3.8) is 0 Å². The number of rotatable bonds is 6. The lowest BCUT2D eigenvalue weighted by molar-refractivity contribution is 0.0596. The Bertz CT molecular complexity index is 996. The number of aromatic hydroxyl groups is 2. The highest BCUT2D eigenvalue weighted by atomic mass is 35.5. The number of benzene rings is 2. The molecular formula is C21H21ClN2O4. The number of phenolic OH excluding ortho intramolecular Hbond substituents is 2. The maximum atomic E-state index is 12.1. The molecule has 0 amide bonds. The highest BCUT2D eigenvalue weighted by Gasteiger charge is 2.23. The van der Waals surface area contributed by atoms with Gasteiger partial charge in [-0.2, -0.15) is 0 Å². The normalized spacial score (nSPS) is 10.8. The summed E-state index contributed by atoms with van der Waals surface area (Å²) in [5.41, 5.74) is 2.63. The summed E-state index contributed by atoms with van der Waals surface area (Å²) in [5, 5.41) is 20.0. The molecule has 0 spiro atoms. The minimum Gasteiger partial charge on any atom is -0.507 e. The Morgan fingerprint density at radius 1 is 1.18 bits per heavy atom. The van der Waals surface area contributed by atoms with Gasteiger partial charge in [0.15, 0.2) is 0 Å². The standard InChI is InChI=1S/C21H21ClN2O4/c1-13-3-5-14(6-4-13)12-24-10-9-23-18(24)8-7-15-19(21(27)28-2)16(25)11-17(26)20(15)22/h3-6,9-11,25-26H,7-8,12H2,1-2H3. The lowest BCUT2D eigenvalue weighted by atomic mass is 10.0. The van der Waals surface area contributed by atoms with E-state index in [0.717, 1.165) is 17.5 Å². The quantitative estimate of drug-likeness (QED) is 0.613. The minimum atomic E-state index is -0.711. The number of phenols is 2. The first kappa shape index (κ1) is 19.8. The third-order valence-electron chi connectivity index (χ3n) is 4.58. The van der Waals surface area contributed by atoms with Crippen molar-refractivity contribution in [3.8, 4) is 11.5 Å². The Morgan fingerprint density at radius 2 is 1.89 bits per heavy atom. The van der Waals surface area contributed by atoms with Crippen molar-refractivity contribution in [3.05, 3.63) is 75.8 Å². The maximum Gasteiger partial charge on any atom is 0.341 e. The van der Waals surface area contributed by atoms with Crippen LogP contribution in [0.15, 0.2) is 42.7 Å². The summed E-state index contributed by atoms with van der Waals surface area (Å²) in [4.78, 5) is 16.5. The number of ether oxygens (including phenoxy) is 1. The minimum absolute atomic E-state index is 0.0230. The molecule has 0 saturated heterocycles. The Hall–Kier alpha value is -2.99. The Balaban J connectivity index is 1.85. The molecule has 2 N–H and O–H groups in total. The monoisotopic (exact) mass is 400 g/mol. The first-order chi connectivity index (χ1) is 13.4. The van der Waals surface area contributed by atoms with Gasteiger partial charge in [-0.1, -0.05) is 41.4 Å². The zero-order valence-electron chi connectivity index (χ0n) is 15.6. The van der Waals surface area contributed by atoms with Crippen LogP contribution in [0.2, 0.25) is 5.02 Å². The second-order valence-electron chi connectivity index (χ2n) is 6.53. The number of nitrogens with zero attached hydrogens (tertiary/aromatic N) is 2. The average molecular weight is 401 g/mol. The molecule has 146 valence electrons. The Morgan fingerprint density at radius 3 is 2.57 bits per heavy atom. The summed E-state index contributed by atoms with van der Waals surface area (Å²) in [6.45, 7) is 2.71. The fraction of sp³-hybridized carbons (Fsp3) is 0.238. The SMILES string of the molecule is COC(=O)c1c(O)cc(O)c(Cl)c1CCc1nccn1Cc1ccc(C)cc1. The highest BCUT2D eigenvalue weighted by Crippen LogP contribution is 2.37. The van der Waals surface area contributed by atoms with Crippen molar-refractivity contribution in [1.82, 2.24) is 9.55 Å². The molecule has 7 heteroatoms. The molecule has 0 bridgehead atoms. The van der Waals surface area contributed by atoms with Crippen LogP contribution in [0.3, 0.4) is 0 Å². The van der Waals surface area contributed by atoms with Crippen LogP contribution in [-0.4, -0.2) is 32.8 Å². The molecule has 3 rings (SSSR count). The van der Waals surface area contributed by atoms with Gasteiger partial charge in [0.1, 0.15) is 22.9 Å². The molecule has 1 heterocycles. The number of carbonyl (C=O) groups excluding carboxylic acids is 1. The van der Waals surface area contributed by atoms with Crippen LogP contribution >= 0.6 is 11.6 Å². The predicted octanol–water partition coefficient (Wildman–Crippen LogP) is 3.88. The zero-order valence-corrected chi connectivity index (χ0v) is 16.4. The fourth-order valence-electron chi connectivity index (χ4n) is 3.09. The van der Waals surface area contributed by atoms with Crippen LogP contribution in [0.5, 0.6) is 11.5 Å². The van der Waals surface area contributed by atoms with Gasteiger partial charge in [0, 0.05) is 31.4 Å². The maximum absolute atomic E-state index is 12.1. The predicted molar refractivity (Wildman–Crippen MR) is 106 cm³/mol. The summed E-state index contributed by atoms with van der Waals surface area (Å²) in [5.74, 6) is -0.566. The number of hydrogen-bond acceptors (Lipinski definition) is 5. The van der Waals surface area contributed by atoms with Crippen LogP contribution in [0, 0.1) is 6.92 Å². The number of hydrogen-bond donors (Lipinski definition) is 2. The van der Waals surface area contributed by atoms with Gasteiger partial charge in [-0.05, 0) is 24.5 Å². The molecule has 0 aliphatic heterocycles. The van der Waals surface area contributed by atoms with Crippen LogP contribution in [-0.2, 0) is 24.1 Å². The van der Waals surface area contributed by atoms with Crippen LogP contribution in [0.1, 0.15) is 32.9 Å². The van der Waals surface area contributed by atoms with E-state index < -0.39 is 5.97 Å². The van der Waals surface area contributed by atoms with Gasteiger partial charge in [0.05, 0.1) is 12.1 Å². The highest BCUT2D eigenvalue weighted by molar-refractivity contribution is 6.33. The van der Waals surface area contributed by atoms with Gasteiger partial charge < -0.3 is 19.5 Å². The fourth-order valence-corrected chi connectivity index (χ4v) is 3.33. The van der Waals surface area contributed by atoms with Gasteiger partial charge in [-0.15, -0.1) is 0 Å². The third-order valence-corrected chi connectivity index (χ3v) is 5.01. The molecule has 2 aromatic carbocycles. The molecule has 0 unspecified atom stereocenters. The number of carbonyl (C=O) groups is 1. The first-order valence-corrected chi connectivity index (χ1v) is 9.15. The van der Waals surface area contributed by atoms with Crippen molar-refractivity contribution in [2.45, 2.75) is 26.3 Å². The summed E-state index contributed by atoms with van der Waals surface area (Å²) in [6, 6.07) is 9.29. The summed E-state index contributed by atoms with van der Waals surface area (Å²) in [6.07, 6.45) is 4.37. The molecule has 0 fully saturated rings. The first-order valence-electron chi connectivity index (χ1n) is 8.78. The van der Waals surface area contributed by atoms with E-state index in [2.05, 4.69) is 29.2 Å². The van der Waals surface area contributed by atoms with E-state index in [-0.39, 0.29) is 22.1 Å². The van der Waals surface area contributed by atoms with Gasteiger partial charge in [-0.3, -0.25) is 0 Å². The van der Waals surface area contributed by atoms with E-state index in [1.165, 1.54) is 12.7 Å². The van der Waals surface area contributed by atoms with E-state index in [1.54, 1.807) is 6.20 Å². The van der Waals surface area contributed by atoms with Gasteiger partial charge in [0.2, 0.25) is 0 Å². The summed E-state index contributed by atoms with van der Waals surface area (Å²) in [7, 11) is 1.22. The summed E-state index contributed by atoms with van der Waals surface area (Å²) >= 11 is 6.20. The Kier molecular flexibility index (Phi) is 5.90. The van der Waals surface area contributed by atoms with Crippen molar-refractivity contribution in [1.29, 1.82) is 0 Å². The zero-order chi connectivity index (χ0) is 20.3. The van der Waals surface area contributed by atoms with E-state index in [4.69, 9.17) is 16.3 Å². The molecule has 28 heavy (non-hydrogen) atoms. The van der Waals surface area contributed by atoms with E-state index >= 15 is 0 Å².